The molecule has 2 heteroatoms. The largest absolute Gasteiger partial charge is 0.299 e. The molecule has 0 unspecified atom stereocenters. The monoisotopic (exact) mass is 208 g/mol. The van der Waals surface area contributed by atoms with Crippen LogP contribution in [-0.4, -0.2) is 5.78 Å². The van der Waals surface area contributed by atoms with Gasteiger partial charge in [-0.3, -0.25) is 4.79 Å². The molecular formula is C12H13ClO. The van der Waals surface area contributed by atoms with E-state index in [0.717, 1.165) is 17.0 Å². The third-order valence-electron chi connectivity index (χ3n) is 3.04. The molecule has 0 aromatic heterocycles. The topological polar surface area (TPSA) is 17.1 Å². The van der Waals surface area contributed by atoms with Crippen molar-refractivity contribution in [2.24, 2.45) is 0 Å². The quantitative estimate of drug-likeness (QED) is 0.640. The van der Waals surface area contributed by atoms with Crippen LogP contribution < -0.4 is 0 Å². The third kappa shape index (κ3) is 1.27. The third-order valence-corrected chi connectivity index (χ3v) is 3.36. The minimum atomic E-state index is -0.411. The van der Waals surface area contributed by atoms with Crippen molar-refractivity contribution in [2.75, 3.05) is 0 Å². The SMILES string of the molecule is CC1(C)C(=O)CCc2cccc(Cl)c21. The van der Waals surface area contributed by atoms with Gasteiger partial charge in [-0.15, -0.1) is 0 Å². The van der Waals surface area contributed by atoms with Crippen molar-refractivity contribution in [1.82, 2.24) is 0 Å². The summed E-state index contributed by atoms with van der Waals surface area (Å²) in [5, 5.41) is 0.723. The molecule has 1 nitrogen and oxygen atoms in total. The fraction of sp³-hybridized carbons (Fsp3) is 0.417. The predicted octanol–water partition coefficient (Wildman–Crippen LogP) is 3.13. The van der Waals surface area contributed by atoms with Crippen LogP contribution in [0.25, 0.3) is 0 Å². The smallest absolute Gasteiger partial charge is 0.143 e. The Morgan fingerprint density at radius 3 is 2.71 bits per heavy atom. The van der Waals surface area contributed by atoms with Crippen molar-refractivity contribution in [3.8, 4) is 0 Å². The fourth-order valence-electron chi connectivity index (χ4n) is 2.18. The van der Waals surface area contributed by atoms with Crippen molar-refractivity contribution in [1.29, 1.82) is 0 Å². The number of ketones is 1. The van der Waals surface area contributed by atoms with Crippen LogP contribution in [-0.2, 0) is 16.6 Å². The second-order valence-electron chi connectivity index (χ2n) is 4.32. The highest BCUT2D eigenvalue weighted by Gasteiger charge is 2.36. The standard InChI is InChI=1S/C12H13ClO/c1-12(2)10(14)7-6-8-4-3-5-9(13)11(8)12/h3-5H,6-7H2,1-2H3. The lowest BCUT2D eigenvalue weighted by Gasteiger charge is -2.31. The van der Waals surface area contributed by atoms with Crippen LogP contribution in [0.3, 0.4) is 0 Å². The average molecular weight is 209 g/mol. The molecule has 0 aliphatic heterocycles. The zero-order valence-electron chi connectivity index (χ0n) is 8.43. The van der Waals surface area contributed by atoms with E-state index in [4.69, 9.17) is 11.6 Å². The van der Waals surface area contributed by atoms with Crippen LogP contribution in [0.4, 0.5) is 0 Å². The summed E-state index contributed by atoms with van der Waals surface area (Å²) < 4.78 is 0. The molecule has 0 radical (unpaired) electrons. The summed E-state index contributed by atoms with van der Waals surface area (Å²) in [6.45, 7) is 3.92. The molecule has 0 atom stereocenters. The lowest BCUT2D eigenvalue weighted by molar-refractivity contribution is -0.124. The summed E-state index contributed by atoms with van der Waals surface area (Å²) >= 11 is 6.14. The summed E-state index contributed by atoms with van der Waals surface area (Å²) in [6, 6.07) is 5.88. The number of benzene rings is 1. The summed E-state index contributed by atoms with van der Waals surface area (Å²) in [5.74, 6) is 0.290. The number of Topliss-reactive ketones (excluding diaryl/α,β-unsaturated/α-hetero) is 1. The predicted molar refractivity (Wildman–Crippen MR) is 57.8 cm³/mol. The van der Waals surface area contributed by atoms with E-state index < -0.39 is 5.41 Å². The van der Waals surface area contributed by atoms with Crippen LogP contribution in [0.5, 0.6) is 0 Å². The van der Waals surface area contributed by atoms with Gasteiger partial charge in [0, 0.05) is 16.9 Å². The van der Waals surface area contributed by atoms with Crippen molar-refractivity contribution >= 4 is 17.4 Å². The zero-order valence-corrected chi connectivity index (χ0v) is 9.19. The van der Waals surface area contributed by atoms with E-state index in [-0.39, 0.29) is 5.78 Å². The minimum Gasteiger partial charge on any atom is -0.299 e. The molecular weight excluding hydrogens is 196 g/mol. The second-order valence-corrected chi connectivity index (χ2v) is 4.73. The van der Waals surface area contributed by atoms with Gasteiger partial charge in [0.2, 0.25) is 0 Å². The molecule has 2 rings (SSSR count). The first-order valence-corrected chi connectivity index (χ1v) is 5.22. The molecule has 0 fully saturated rings. The van der Waals surface area contributed by atoms with Crippen LogP contribution >= 0.6 is 11.6 Å². The van der Waals surface area contributed by atoms with Crippen molar-refractivity contribution in [3.63, 3.8) is 0 Å². The Balaban J connectivity index is 2.67. The van der Waals surface area contributed by atoms with E-state index in [9.17, 15) is 4.79 Å². The van der Waals surface area contributed by atoms with Crippen LogP contribution in [0.2, 0.25) is 5.02 Å². The number of hydrogen-bond acceptors (Lipinski definition) is 1. The van der Waals surface area contributed by atoms with E-state index in [2.05, 4.69) is 6.07 Å². The Kier molecular flexibility index (Phi) is 2.15. The second kappa shape index (κ2) is 3.09. The molecule has 1 aromatic rings. The highest BCUT2D eigenvalue weighted by Crippen LogP contribution is 2.38. The van der Waals surface area contributed by atoms with Crippen molar-refractivity contribution < 1.29 is 4.79 Å². The van der Waals surface area contributed by atoms with Crippen molar-refractivity contribution in [2.45, 2.75) is 32.1 Å². The molecule has 0 spiro atoms. The summed E-state index contributed by atoms with van der Waals surface area (Å²) in [7, 11) is 0. The molecule has 1 aliphatic rings. The van der Waals surface area contributed by atoms with E-state index >= 15 is 0 Å². The Bertz CT molecular complexity index is 393. The maximum atomic E-state index is 11.8. The van der Waals surface area contributed by atoms with E-state index in [0.29, 0.717) is 6.42 Å². The number of aryl methyl sites for hydroxylation is 1. The lowest BCUT2D eigenvalue weighted by Crippen LogP contribution is -2.34. The van der Waals surface area contributed by atoms with Gasteiger partial charge in [-0.2, -0.15) is 0 Å². The Labute approximate surface area is 89.1 Å². The van der Waals surface area contributed by atoms with E-state index in [1.165, 1.54) is 5.56 Å². The van der Waals surface area contributed by atoms with Crippen LogP contribution in [0.1, 0.15) is 31.4 Å². The first-order valence-electron chi connectivity index (χ1n) is 4.84. The van der Waals surface area contributed by atoms with E-state index in [1.807, 2.05) is 26.0 Å². The molecule has 0 saturated carbocycles. The lowest BCUT2D eigenvalue weighted by atomic mass is 9.72. The normalized spacial score (nSPS) is 19.2. The number of hydrogen-bond donors (Lipinski definition) is 0. The van der Waals surface area contributed by atoms with Gasteiger partial charge in [0.15, 0.2) is 0 Å². The number of halogens is 1. The van der Waals surface area contributed by atoms with Crippen molar-refractivity contribution in [3.05, 3.63) is 34.3 Å². The first kappa shape index (κ1) is 9.72. The van der Waals surface area contributed by atoms with Gasteiger partial charge in [-0.25, -0.2) is 0 Å². The minimum absolute atomic E-state index is 0.290. The molecule has 1 aliphatic carbocycles. The highest BCUT2D eigenvalue weighted by atomic mass is 35.5. The van der Waals surface area contributed by atoms with Gasteiger partial charge in [0.25, 0.3) is 0 Å². The van der Waals surface area contributed by atoms with Gasteiger partial charge in [0.05, 0.1) is 0 Å². The van der Waals surface area contributed by atoms with Gasteiger partial charge >= 0.3 is 0 Å². The number of carbonyl (C=O) groups is 1. The van der Waals surface area contributed by atoms with Gasteiger partial charge in [-0.1, -0.05) is 23.7 Å². The maximum absolute atomic E-state index is 11.8. The maximum Gasteiger partial charge on any atom is 0.143 e. The van der Waals surface area contributed by atoms with Gasteiger partial charge in [-0.05, 0) is 37.5 Å². The Morgan fingerprint density at radius 1 is 1.29 bits per heavy atom. The molecule has 14 heavy (non-hydrogen) atoms. The molecule has 0 saturated heterocycles. The van der Waals surface area contributed by atoms with Crippen LogP contribution in [0.15, 0.2) is 18.2 Å². The summed E-state index contributed by atoms with van der Waals surface area (Å²) in [6.07, 6.45) is 1.47. The molecule has 0 amide bonds. The molecule has 0 N–H and O–H groups in total. The highest BCUT2D eigenvalue weighted by molar-refractivity contribution is 6.32. The fourth-order valence-corrected chi connectivity index (χ4v) is 2.61. The summed E-state index contributed by atoms with van der Waals surface area (Å²) in [4.78, 5) is 11.8. The summed E-state index contributed by atoms with van der Waals surface area (Å²) in [5.41, 5.74) is 1.84. The zero-order chi connectivity index (χ0) is 10.3. The van der Waals surface area contributed by atoms with E-state index in [1.54, 1.807) is 0 Å². The van der Waals surface area contributed by atoms with Gasteiger partial charge in [0.1, 0.15) is 5.78 Å². The molecule has 1 aromatic carbocycles. The van der Waals surface area contributed by atoms with Gasteiger partial charge < -0.3 is 0 Å². The van der Waals surface area contributed by atoms with Crippen LogP contribution in [0, 0.1) is 0 Å². The number of carbonyl (C=O) groups excluding carboxylic acids is 1. The molecule has 0 heterocycles. The first-order chi connectivity index (χ1) is 6.53. The molecule has 74 valence electrons. The Hall–Kier alpha value is -0.820. The average Bonchev–Trinajstić information content (AvgIpc) is 2.11. The Morgan fingerprint density at radius 2 is 2.00 bits per heavy atom. The number of fused-ring (bicyclic) bond motifs is 1. The molecule has 0 bridgehead atoms. The number of rotatable bonds is 0.